The zero-order chi connectivity index (χ0) is 9.84. The molecule has 1 aliphatic rings. The SMILES string of the molecule is CC(C)C1CC1N(C)CCCCO. The van der Waals surface area contributed by atoms with Gasteiger partial charge in [0.1, 0.15) is 0 Å². The lowest BCUT2D eigenvalue weighted by Crippen LogP contribution is -2.24. The van der Waals surface area contributed by atoms with E-state index in [0.717, 1.165) is 37.3 Å². The summed E-state index contributed by atoms with van der Waals surface area (Å²) in [5.74, 6) is 1.77. The molecule has 0 aliphatic heterocycles. The standard InChI is InChI=1S/C11H23NO/c1-9(2)10-8-11(10)12(3)6-4-5-7-13/h9-11,13H,4-8H2,1-3H3. The summed E-state index contributed by atoms with van der Waals surface area (Å²) in [4.78, 5) is 2.46. The first-order chi connectivity index (χ1) is 6.16. The van der Waals surface area contributed by atoms with E-state index < -0.39 is 0 Å². The fourth-order valence-electron chi connectivity index (χ4n) is 2.06. The summed E-state index contributed by atoms with van der Waals surface area (Å²) in [6, 6.07) is 0.832. The minimum absolute atomic E-state index is 0.339. The summed E-state index contributed by atoms with van der Waals surface area (Å²) in [5.41, 5.74) is 0. The van der Waals surface area contributed by atoms with Crippen molar-refractivity contribution in [1.29, 1.82) is 0 Å². The number of hydrogen-bond acceptors (Lipinski definition) is 2. The Balaban J connectivity index is 2.09. The van der Waals surface area contributed by atoms with E-state index in [0.29, 0.717) is 6.61 Å². The number of aliphatic hydroxyl groups is 1. The molecule has 1 aliphatic carbocycles. The Morgan fingerprint density at radius 1 is 1.38 bits per heavy atom. The van der Waals surface area contributed by atoms with Crippen LogP contribution in [-0.4, -0.2) is 36.2 Å². The van der Waals surface area contributed by atoms with Gasteiger partial charge in [-0.3, -0.25) is 0 Å². The lowest BCUT2D eigenvalue weighted by Gasteiger charge is -2.17. The summed E-state index contributed by atoms with van der Waals surface area (Å²) >= 11 is 0. The quantitative estimate of drug-likeness (QED) is 0.637. The van der Waals surface area contributed by atoms with Gasteiger partial charge in [-0.15, -0.1) is 0 Å². The van der Waals surface area contributed by atoms with Gasteiger partial charge in [-0.2, -0.15) is 0 Å². The third kappa shape index (κ3) is 3.28. The van der Waals surface area contributed by atoms with Crippen molar-refractivity contribution < 1.29 is 5.11 Å². The van der Waals surface area contributed by atoms with Crippen LogP contribution in [0.2, 0.25) is 0 Å². The summed E-state index contributed by atoms with van der Waals surface area (Å²) in [6.07, 6.45) is 3.46. The van der Waals surface area contributed by atoms with Crippen LogP contribution in [0.4, 0.5) is 0 Å². The van der Waals surface area contributed by atoms with E-state index in [1.165, 1.54) is 6.42 Å². The molecule has 0 spiro atoms. The molecule has 1 fully saturated rings. The van der Waals surface area contributed by atoms with Crippen LogP contribution >= 0.6 is 0 Å². The van der Waals surface area contributed by atoms with Gasteiger partial charge in [0.05, 0.1) is 0 Å². The number of unbranched alkanes of at least 4 members (excludes halogenated alkanes) is 1. The van der Waals surface area contributed by atoms with E-state index in [1.54, 1.807) is 0 Å². The lowest BCUT2D eigenvalue weighted by atomic mass is 10.1. The highest BCUT2D eigenvalue weighted by molar-refractivity contribution is 4.95. The fourth-order valence-corrected chi connectivity index (χ4v) is 2.06. The van der Waals surface area contributed by atoms with E-state index >= 15 is 0 Å². The topological polar surface area (TPSA) is 23.5 Å². The average Bonchev–Trinajstić information content (AvgIpc) is 2.83. The molecule has 0 amide bonds. The van der Waals surface area contributed by atoms with Gasteiger partial charge in [-0.05, 0) is 44.7 Å². The van der Waals surface area contributed by atoms with Crippen LogP contribution in [0.3, 0.4) is 0 Å². The van der Waals surface area contributed by atoms with Crippen LogP contribution in [0.15, 0.2) is 0 Å². The molecule has 2 nitrogen and oxygen atoms in total. The van der Waals surface area contributed by atoms with Crippen molar-refractivity contribution >= 4 is 0 Å². The molecule has 13 heavy (non-hydrogen) atoms. The molecule has 2 atom stereocenters. The molecule has 1 rings (SSSR count). The zero-order valence-electron chi connectivity index (χ0n) is 9.16. The average molecular weight is 185 g/mol. The smallest absolute Gasteiger partial charge is 0.0431 e. The molecule has 0 aromatic heterocycles. The maximum absolute atomic E-state index is 8.66. The maximum Gasteiger partial charge on any atom is 0.0431 e. The third-order valence-electron chi connectivity index (χ3n) is 3.15. The Hall–Kier alpha value is -0.0800. The van der Waals surface area contributed by atoms with Gasteiger partial charge in [0.2, 0.25) is 0 Å². The van der Waals surface area contributed by atoms with Crippen LogP contribution in [0.25, 0.3) is 0 Å². The monoisotopic (exact) mass is 185 g/mol. The largest absolute Gasteiger partial charge is 0.396 e. The van der Waals surface area contributed by atoms with Crippen molar-refractivity contribution in [2.24, 2.45) is 11.8 Å². The predicted octanol–water partition coefficient (Wildman–Crippen LogP) is 1.74. The normalized spacial score (nSPS) is 27.2. The summed E-state index contributed by atoms with van der Waals surface area (Å²) < 4.78 is 0. The molecule has 78 valence electrons. The van der Waals surface area contributed by atoms with Crippen molar-refractivity contribution in [2.75, 3.05) is 20.2 Å². The Labute approximate surface area is 81.9 Å². The Morgan fingerprint density at radius 3 is 2.54 bits per heavy atom. The molecule has 2 unspecified atom stereocenters. The second kappa shape index (κ2) is 4.97. The molecule has 0 aromatic carbocycles. The first-order valence-electron chi connectivity index (χ1n) is 5.48. The predicted molar refractivity (Wildman–Crippen MR) is 55.7 cm³/mol. The van der Waals surface area contributed by atoms with E-state index in [1.807, 2.05) is 0 Å². The molecule has 0 saturated heterocycles. The second-order valence-electron chi connectivity index (χ2n) is 4.62. The first kappa shape index (κ1) is 11.0. The van der Waals surface area contributed by atoms with Gasteiger partial charge in [-0.25, -0.2) is 0 Å². The lowest BCUT2D eigenvalue weighted by molar-refractivity contribution is 0.252. The van der Waals surface area contributed by atoms with Gasteiger partial charge in [0.25, 0.3) is 0 Å². The number of aliphatic hydroxyl groups excluding tert-OH is 1. The maximum atomic E-state index is 8.66. The molecule has 0 aromatic rings. The summed E-state index contributed by atoms with van der Waals surface area (Å²) in [5, 5.41) is 8.66. The van der Waals surface area contributed by atoms with Gasteiger partial charge in [-0.1, -0.05) is 13.8 Å². The van der Waals surface area contributed by atoms with Crippen molar-refractivity contribution in [3.63, 3.8) is 0 Å². The van der Waals surface area contributed by atoms with Crippen LogP contribution in [0.5, 0.6) is 0 Å². The van der Waals surface area contributed by atoms with Crippen LogP contribution < -0.4 is 0 Å². The first-order valence-corrected chi connectivity index (χ1v) is 5.48. The molecule has 1 N–H and O–H groups in total. The molecular formula is C11H23NO. The number of rotatable bonds is 6. The van der Waals surface area contributed by atoms with Crippen molar-refractivity contribution in [3.05, 3.63) is 0 Å². The fraction of sp³-hybridized carbons (Fsp3) is 1.00. The van der Waals surface area contributed by atoms with Crippen molar-refractivity contribution in [2.45, 2.75) is 39.2 Å². The van der Waals surface area contributed by atoms with Crippen molar-refractivity contribution in [3.8, 4) is 0 Å². The van der Waals surface area contributed by atoms with Crippen LogP contribution in [-0.2, 0) is 0 Å². The number of nitrogens with zero attached hydrogens (tertiary/aromatic N) is 1. The minimum atomic E-state index is 0.339. The Kier molecular flexibility index (Phi) is 4.20. The number of hydrogen-bond donors (Lipinski definition) is 1. The highest BCUT2D eigenvalue weighted by Crippen LogP contribution is 2.40. The molecule has 0 bridgehead atoms. The van der Waals surface area contributed by atoms with E-state index in [2.05, 4.69) is 25.8 Å². The molecular weight excluding hydrogens is 162 g/mol. The van der Waals surface area contributed by atoms with Crippen LogP contribution in [0, 0.1) is 11.8 Å². The van der Waals surface area contributed by atoms with E-state index in [-0.39, 0.29) is 0 Å². The minimum Gasteiger partial charge on any atom is -0.396 e. The molecule has 2 heteroatoms. The van der Waals surface area contributed by atoms with Gasteiger partial charge < -0.3 is 10.0 Å². The molecule has 0 radical (unpaired) electrons. The van der Waals surface area contributed by atoms with Crippen LogP contribution in [0.1, 0.15) is 33.1 Å². The highest BCUT2D eigenvalue weighted by atomic mass is 16.2. The van der Waals surface area contributed by atoms with E-state index in [4.69, 9.17) is 5.11 Å². The van der Waals surface area contributed by atoms with Crippen molar-refractivity contribution in [1.82, 2.24) is 4.90 Å². The van der Waals surface area contributed by atoms with Gasteiger partial charge >= 0.3 is 0 Å². The Morgan fingerprint density at radius 2 is 2.08 bits per heavy atom. The van der Waals surface area contributed by atoms with Gasteiger partial charge in [0.15, 0.2) is 0 Å². The molecule has 1 saturated carbocycles. The zero-order valence-corrected chi connectivity index (χ0v) is 9.16. The molecule has 0 heterocycles. The highest BCUT2D eigenvalue weighted by Gasteiger charge is 2.41. The summed E-state index contributed by atoms with van der Waals surface area (Å²) in [7, 11) is 2.21. The van der Waals surface area contributed by atoms with Gasteiger partial charge in [0, 0.05) is 12.6 Å². The van der Waals surface area contributed by atoms with E-state index in [9.17, 15) is 0 Å². The summed E-state index contributed by atoms with van der Waals surface area (Å²) in [6.45, 7) is 6.11. The second-order valence-corrected chi connectivity index (χ2v) is 4.62. The third-order valence-corrected chi connectivity index (χ3v) is 3.15. The Bertz CT molecular complexity index is 147.